The van der Waals surface area contributed by atoms with Crippen molar-refractivity contribution in [3.63, 3.8) is 0 Å². The van der Waals surface area contributed by atoms with Crippen LogP contribution in [0.2, 0.25) is 0 Å². The van der Waals surface area contributed by atoms with Crippen molar-refractivity contribution in [1.29, 1.82) is 0 Å². The number of nitrogens with zero attached hydrogens (tertiary/aromatic N) is 4. The molecule has 1 amide bonds. The summed E-state index contributed by atoms with van der Waals surface area (Å²) in [5.41, 5.74) is 0.413. The van der Waals surface area contributed by atoms with E-state index < -0.39 is 0 Å². The van der Waals surface area contributed by atoms with E-state index in [9.17, 15) is 4.79 Å². The summed E-state index contributed by atoms with van der Waals surface area (Å²) in [6, 6.07) is 3.69. The molecular weight excluding hydrogens is 314 g/mol. The third-order valence-electron chi connectivity index (χ3n) is 5.20. The maximum Gasteiger partial charge on any atom is 0.271 e. The molecule has 0 aromatic carbocycles. The molecule has 3 heterocycles. The minimum absolute atomic E-state index is 0.114. The first-order valence-corrected chi connectivity index (χ1v) is 9.92. The Labute approximate surface area is 151 Å². The molecular formula is C19H31N5O. The number of piperidine rings is 1. The quantitative estimate of drug-likeness (QED) is 0.734. The molecule has 0 saturated carbocycles. The van der Waals surface area contributed by atoms with Crippen LogP contribution in [0.1, 0.15) is 61.9 Å². The Hall–Kier alpha value is -1.69. The van der Waals surface area contributed by atoms with Gasteiger partial charge in [0.15, 0.2) is 11.5 Å². The molecule has 0 radical (unpaired) electrons. The van der Waals surface area contributed by atoms with Crippen LogP contribution in [-0.2, 0) is 0 Å². The number of carbonyl (C=O) groups is 1. The third-order valence-corrected chi connectivity index (χ3v) is 5.20. The lowest BCUT2D eigenvalue weighted by Gasteiger charge is -2.26. The van der Waals surface area contributed by atoms with Crippen LogP contribution in [-0.4, -0.2) is 60.3 Å². The van der Waals surface area contributed by atoms with E-state index in [-0.39, 0.29) is 5.91 Å². The minimum Gasteiger partial charge on any atom is -0.355 e. The Morgan fingerprint density at radius 3 is 2.40 bits per heavy atom. The molecule has 0 atom stereocenters. The lowest BCUT2D eigenvalue weighted by molar-refractivity contribution is 0.0947. The summed E-state index contributed by atoms with van der Waals surface area (Å²) < 4.78 is 0. The summed E-state index contributed by atoms with van der Waals surface area (Å²) in [5.74, 6) is 0.767. The smallest absolute Gasteiger partial charge is 0.271 e. The van der Waals surface area contributed by atoms with Gasteiger partial charge in [-0.15, -0.1) is 10.2 Å². The zero-order chi connectivity index (χ0) is 17.3. The highest BCUT2D eigenvalue weighted by atomic mass is 16.1. The van der Waals surface area contributed by atoms with Crippen LogP contribution in [0.5, 0.6) is 0 Å². The van der Waals surface area contributed by atoms with Crippen LogP contribution in [0.25, 0.3) is 0 Å². The molecule has 1 aromatic rings. The average Bonchev–Trinajstić information content (AvgIpc) is 3.20. The SMILES string of the molecule is O=C(NCCCCCN1CCCCC1)c1ccc(N2CCCC2)nn1. The first-order chi connectivity index (χ1) is 12.3. The highest BCUT2D eigenvalue weighted by Crippen LogP contribution is 2.16. The molecule has 2 fully saturated rings. The maximum absolute atomic E-state index is 12.1. The number of unbranched alkanes of at least 4 members (excludes halogenated alkanes) is 2. The molecule has 25 heavy (non-hydrogen) atoms. The molecule has 3 rings (SSSR count). The Morgan fingerprint density at radius 1 is 0.920 bits per heavy atom. The topological polar surface area (TPSA) is 61.4 Å². The lowest BCUT2D eigenvalue weighted by Crippen LogP contribution is -2.30. The molecule has 2 aliphatic heterocycles. The van der Waals surface area contributed by atoms with Gasteiger partial charge in [-0.3, -0.25) is 4.79 Å². The summed E-state index contributed by atoms with van der Waals surface area (Å²) in [4.78, 5) is 16.9. The number of hydrogen-bond donors (Lipinski definition) is 1. The molecule has 1 aromatic heterocycles. The van der Waals surface area contributed by atoms with Gasteiger partial charge in [0, 0.05) is 19.6 Å². The first kappa shape index (κ1) is 18.1. The largest absolute Gasteiger partial charge is 0.355 e. The second-order valence-electron chi connectivity index (χ2n) is 7.19. The fourth-order valence-corrected chi connectivity index (χ4v) is 3.67. The maximum atomic E-state index is 12.1. The van der Waals surface area contributed by atoms with Gasteiger partial charge in [0.1, 0.15) is 0 Å². The van der Waals surface area contributed by atoms with E-state index in [1.54, 1.807) is 6.07 Å². The third kappa shape index (κ3) is 5.66. The van der Waals surface area contributed by atoms with E-state index in [4.69, 9.17) is 0 Å². The van der Waals surface area contributed by atoms with Gasteiger partial charge in [-0.05, 0) is 70.3 Å². The van der Waals surface area contributed by atoms with E-state index in [0.29, 0.717) is 12.2 Å². The molecule has 6 heteroatoms. The van der Waals surface area contributed by atoms with Crippen molar-refractivity contribution in [1.82, 2.24) is 20.4 Å². The Balaban J connectivity index is 1.29. The highest BCUT2D eigenvalue weighted by Gasteiger charge is 2.15. The zero-order valence-electron chi connectivity index (χ0n) is 15.3. The van der Waals surface area contributed by atoms with E-state index >= 15 is 0 Å². The normalized spacial score (nSPS) is 18.5. The number of aromatic nitrogens is 2. The van der Waals surface area contributed by atoms with Crippen molar-refractivity contribution in [3.05, 3.63) is 17.8 Å². The molecule has 0 aliphatic carbocycles. The number of hydrogen-bond acceptors (Lipinski definition) is 5. The van der Waals surface area contributed by atoms with Crippen molar-refractivity contribution in [2.75, 3.05) is 44.2 Å². The van der Waals surface area contributed by atoms with E-state index in [2.05, 4.69) is 25.3 Å². The van der Waals surface area contributed by atoms with Crippen molar-refractivity contribution in [2.24, 2.45) is 0 Å². The molecule has 138 valence electrons. The van der Waals surface area contributed by atoms with Crippen LogP contribution in [0, 0.1) is 0 Å². The van der Waals surface area contributed by atoms with Crippen LogP contribution >= 0.6 is 0 Å². The van der Waals surface area contributed by atoms with Gasteiger partial charge >= 0.3 is 0 Å². The number of rotatable bonds is 8. The molecule has 6 nitrogen and oxygen atoms in total. The zero-order valence-corrected chi connectivity index (χ0v) is 15.3. The van der Waals surface area contributed by atoms with Crippen molar-refractivity contribution in [3.8, 4) is 0 Å². The van der Waals surface area contributed by atoms with Gasteiger partial charge in [-0.1, -0.05) is 12.8 Å². The summed E-state index contributed by atoms with van der Waals surface area (Å²) in [6.45, 7) is 6.53. The fourth-order valence-electron chi connectivity index (χ4n) is 3.67. The summed E-state index contributed by atoms with van der Waals surface area (Å²) in [6.07, 6.45) is 9.94. The van der Waals surface area contributed by atoms with Gasteiger partial charge in [0.2, 0.25) is 0 Å². The number of likely N-dealkylation sites (tertiary alicyclic amines) is 1. The number of nitrogens with one attached hydrogen (secondary N) is 1. The minimum atomic E-state index is -0.114. The average molecular weight is 345 g/mol. The fraction of sp³-hybridized carbons (Fsp3) is 0.737. The van der Waals surface area contributed by atoms with E-state index in [1.165, 1.54) is 58.2 Å². The van der Waals surface area contributed by atoms with Gasteiger partial charge < -0.3 is 15.1 Å². The summed E-state index contributed by atoms with van der Waals surface area (Å²) in [5, 5.41) is 11.2. The van der Waals surface area contributed by atoms with Gasteiger partial charge in [0.25, 0.3) is 5.91 Å². The standard InChI is InChI=1S/C19H31N5O/c25-19(17-9-10-18(22-21-17)24-15-7-8-16-24)20-11-3-1-4-12-23-13-5-2-6-14-23/h9-10H,1-8,11-16H2,(H,20,25). The number of anilines is 1. The molecule has 2 saturated heterocycles. The van der Waals surface area contributed by atoms with E-state index in [0.717, 1.165) is 31.7 Å². The predicted octanol–water partition coefficient (Wildman–Crippen LogP) is 2.46. The summed E-state index contributed by atoms with van der Waals surface area (Å²) in [7, 11) is 0. The van der Waals surface area contributed by atoms with Crippen LogP contribution in [0.15, 0.2) is 12.1 Å². The molecule has 1 N–H and O–H groups in total. The number of carbonyl (C=O) groups excluding carboxylic acids is 1. The van der Waals surface area contributed by atoms with Gasteiger partial charge in [-0.25, -0.2) is 0 Å². The highest BCUT2D eigenvalue weighted by molar-refractivity contribution is 5.92. The second kappa shape index (κ2) is 9.70. The van der Waals surface area contributed by atoms with Crippen molar-refractivity contribution < 1.29 is 4.79 Å². The monoisotopic (exact) mass is 345 g/mol. The van der Waals surface area contributed by atoms with Gasteiger partial charge in [0.05, 0.1) is 0 Å². The summed E-state index contributed by atoms with van der Waals surface area (Å²) >= 11 is 0. The molecule has 0 unspecified atom stereocenters. The van der Waals surface area contributed by atoms with Crippen LogP contribution < -0.4 is 10.2 Å². The van der Waals surface area contributed by atoms with Crippen molar-refractivity contribution in [2.45, 2.75) is 51.4 Å². The molecule has 0 bridgehead atoms. The predicted molar refractivity (Wildman–Crippen MR) is 100.0 cm³/mol. The van der Waals surface area contributed by atoms with E-state index in [1.807, 2.05) is 6.07 Å². The molecule has 0 spiro atoms. The Morgan fingerprint density at radius 2 is 1.68 bits per heavy atom. The lowest BCUT2D eigenvalue weighted by atomic mass is 10.1. The Kier molecular flexibility index (Phi) is 7.03. The van der Waals surface area contributed by atoms with Gasteiger partial charge in [-0.2, -0.15) is 0 Å². The number of amides is 1. The van der Waals surface area contributed by atoms with Crippen LogP contribution in [0.3, 0.4) is 0 Å². The first-order valence-electron chi connectivity index (χ1n) is 9.92. The van der Waals surface area contributed by atoms with Crippen LogP contribution in [0.4, 0.5) is 5.82 Å². The Bertz CT molecular complexity index is 521. The second-order valence-corrected chi connectivity index (χ2v) is 7.19. The molecule has 2 aliphatic rings. The van der Waals surface area contributed by atoms with Crippen molar-refractivity contribution >= 4 is 11.7 Å².